The van der Waals surface area contributed by atoms with Crippen molar-refractivity contribution >= 4 is 11.1 Å². The highest BCUT2D eigenvalue weighted by atomic mass is 19.1. The van der Waals surface area contributed by atoms with Crippen LogP contribution in [0.2, 0.25) is 0 Å². The Labute approximate surface area is 67.1 Å². The first-order valence-corrected chi connectivity index (χ1v) is 3.26. The van der Waals surface area contributed by atoms with Crippen molar-refractivity contribution in [3.05, 3.63) is 29.9 Å². The minimum Gasteiger partial charge on any atom is -0.428 e. The van der Waals surface area contributed by atoms with Crippen molar-refractivity contribution < 1.29 is 8.81 Å². The number of halogens is 1. The Morgan fingerprint density at radius 2 is 2.33 bits per heavy atom. The monoisotopic (exact) mass is 162 g/mol. The van der Waals surface area contributed by atoms with E-state index in [1.807, 2.05) is 0 Å². The molecule has 0 saturated heterocycles. The standard InChI is InChI=1S/C8H3FN2O/c9-5-2-1-3-6-8(5)11-7(4-10)12-6/h1-3H. The number of hydrogen-bond donors (Lipinski definition) is 0. The summed E-state index contributed by atoms with van der Waals surface area (Å²) in [5, 5.41) is 8.40. The molecule has 0 atom stereocenters. The van der Waals surface area contributed by atoms with Gasteiger partial charge in [0.15, 0.2) is 17.5 Å². The first kappa shape index (κ1) is 6.80. The fourth-order valence-electron chi connectivity index (χ4n) is 0.963. The number of oxazole rings is 1. The molecule has 2 rings (SSSR count). The highest BCUT2D eigenvalue weighted by Crippen LogP contribution is 2.17. The van der Waals surface area contributed by atoms with Gasteiger partial charge in [0, 0.05) is 0 Å². The number of para-hydroxylation sites is 1. The van der Waals surface area contributed by atoms with Crippen LogP contribution in [0.4, 0.5) is 4.39 Å². The van der Waals surface area contributed by atoms with Gasteiger partial charge in [-0.15, -0.1) is 0 Å². The lowest BCUT2D eigenvalue weighted by Crippen LogP contribution is -1.75. The molecule has 0 aliphatic rings. The van der Waals surface area contributed by atoms with E-state index in [1.165, 1.54) is 12.1 Å². The normalized spacial score (nSPS) is 10.0. The second-order valence-corrected chi connectivity index (χ2v) is 2.22. The molecule has 0 fully saturated rings. The maximum atomic E-state index is 12.9. The van der Waals surface area contributed by atoms with Crippen LogP contribution < -0.4 is 0 Å². The average molecular weight is 162 g/mol. The van der Waals surface area contributed by atoms with Gasteiger partial charge in [-0.2, -0.15) is 10.2 Å². The number of fused-ring (bicyclic) bond motifs is 1. The largest absolute Gasteiger partial charge is 0.428 e. The van der Waals surface area contributed by atoms with Gasteiger partial charge < -0.3 is 4.42 Å². The molecule has 2 aromatic rings. The third-order valence-corrected chi connectivity index (χ3v) is 1.47. The summed E-state index contributed by atoms with van der Waals surface area (Å²) in [6.45, 7) is 0. The lowest BCUT2D eigenvalue weighted by atomic mass is 10.3. The number of nitriles is 1. The molecule has 0 N–H and O–H groups in total. The van der Waals surface area contributed by atoms with Gasteiger partial charge in [0.25, 0.3) is 0 Å². The molecule has 0 spiro atoms. The fraction of sp³-hybridized carbons (Fsp3) is 0. The van der Waals surface area contributed by atoms with Gasteiger partial charge in [-0.3, -0.25) is 0 Å². The molecule has 1 heterocycles. The molecule has 0 amide bonds. The molecule has 3 nitrogen and oxygen atoms in total. The predicted octanol–water partition coefficient (Wildman–Crippen LogP) is 1.84. The Balaban J connectivity index is 2.85. The molecule has 0 bridgehead atoms. The molecular weight excluding hydrogens is 159 g/mol. The molecule has 0 aliphatic heterocycles. The zero-order valence-electron chi connectivity index (χ0n) is 5.91. The highest BCUT2D eigenvalue weighted by molar-refractivity contribution is 5.73. The van der Waals surface area contributed by atoms with Crippen LogP contribution in [0, 0.1) is 17.1 Å². The minimum absolute atomic E-state index is 0.106. The van der Waals surface area contributed by atoms with Crippen LogP contribution in [-0.2, 0) is 0 Å². The lowest BCUT2D eigenvalue weighted by molar-refractivity contribution is 0.583. The van der Waals surface area contributed by atoms with Crippen LogP contribution >= 0.6 is 0 Å². The summed E-state index contributed by atoms with van der Waals surface area (Å²) in [5.74, 6) is -0.590. The molecule has 12 heavy (non-hydrogen) atoms. The van der Waals surface area contributed by atoms with Crippen molar-refractivity contribution in [2.45, 2.75) is 0 Å². The van der Waals surface area contributed by atoms with E-state index in [0.29, 0.717) is 5.58 Å². The van der Waals surface area contributed by atoms with E-state index in [1.54, 1.807) is 12.1 Å². The van der Waals surface area contributed by atoms with E-state index in [4.69, 9.17) is 9.68 Å². The predicted molar refractivity (Wildman–Crippen MR) is 38.7 cm³/mol. The molecule has 0 radical (unpaired) electrons. The first-order chi connectivity index (χ1) is 5.81. The Hall–Kier alpha value is -1.89. The molecule has 0 aliphatic carbocycles. The third-order valence-electron chi connectivity index (χ3n) is 1.47. The van der Waals surface area contributed by atoms with E-state index in [-0.39, 0.29) is 11.4 Å². The number of aromatic nitrogens is 1. The van der Waals surface area contributed by atoms with E-state index in [2.05, 4.69) is 4.98 Å². The van der Waals surface area contributed by atoms with Crippen molar-refractivity contribution in [2.75, 3.05) is 0 Å². The molecule has 0 unspecified atom stereocenters. The van der Waals surface area contributed by atoms with Crippen LogP contribution in [0.1, 0.15) is 5.89 Å². The second-order valence-electron chi connectivity index (χ2n) is 2.22. The smallest absolute Gasteiger partial charge is 0.301 e. The van der Waals surface area contributed by atoms with Crippen molar-refractivity contribution in [1.82, 2.24) is 4.98 Å². The van der Waals surface area contributed by atoms with E-state index in [9.17, 15) is 4.39 Å². The lowest BCUT2D eigenvalue weighted by Gasteiger charge is -1.84. The summed E-state index contributed by atoms with van der Waals surface area (Å²) in [6, 6.07) is 6.03. The van der Waals surface area contributed by atoms with Gasteiger partial charge in [0.1, 0.15) is 5.52 Å². The molecule has 0 saturated carbocycles. The van der Waals surface area contributed by atoms with Gasteiger partial charge in [-0.05, 0) is 12.1 Å². The maximum Gasteiger partial charge on any atom is 0.301 e. The highest BCUT2D eigenvalue weighted by Gasteiger charge is 2.07. The summed E-state index contributed by atoms with van der Waals surface area (Å²) in [5.41, 5.74) is 0.403. The van der Waals surface area contributed by atoms with E-state index < -0.39 is 5.82 Å². The Kier molecular flexibility index (Phi) is 1.31. The average Bonchev–Trinajstić information content (AvgIpc) is 2.49. The Morgan fingerprint density at radius 1 is 1.50 bits per heavy atom. The van der Waals surface area contributed by atoms with Gasteiger partial charge in [0.05, 0.1) is 0 Å². The molecule has 58 valence electrons. The van der Waals surface area contributed by atoms with E-state index in [0.717, 1.165) is 0 Å². The van der Waals surface area contributed by atoms with Gasteiger partial charge in [-0.1, -0.05) is 6.07 Å². The molecule has 1 aromatic heterocycles. The zero-order valence-corrected chi connectivity index (χ0v) is 5.91. The van der Waals surface area contributed by atoms with Crippen LogP contribution in [0.25, 0.3) is 11.1 Å². The summed E-state index contributed by atoms with van der Waals surface area (Å²) >= 11 is 0. The zero-order chi connectivity index (χ0) is 8.55. The Morgan fingerprint density at radius 3 is 3.00 bits per heavy atom. The molecule has 4 heteroatoms. The van der Waals surface area contributed by atoms with Gasteiger partial charge in [-0.25, -0.2) is 4.39 Å². The number of nitrogens with zero attached hydrogens (tertiary/aromatic N) is 2. The topological polar surface area (TPSA) is 49.8 Å². The van der Waals surface area contributed by atoms with E-state index >= 15 is 0 Å². The number of benzene rings is 1. The van der Waals surface area contributed by atoms with Crippen molar-refractivity contribution in [3.8, 4) is 6.07 Å². The number of rotatable bonds is 0. The quantitative estimate of drug-likeness (QED) is 0.593. The maximum absolute atomic E-state index is 12.9. The van der Waals surface area contributed by atoms with Gasteiger partial charge >= 0.3 is 5.89 Å². The van der Waals surface area contributed by atoms with Crippen molar-refractivity contribution in [3.63, 3.8) is 0 Å². The minimum atomic E-state index is -0.474. The van der Waals surface area contributed by atoms with Crippen molar-refractivity contribution in [2.24, 2.45) is 0 Å². The van der Waals surface area contributed by atoms with Crippen LogP contribution in [0.3, 0.4) is 0 Å². The second kappa shape index (κ2) is 2.31. The molecular formula is C8H3FN2O. The summed E-state index contributed by atoms with van der Waals surface area (Å²) < 4.78 is 17.8. The fourth-order valence-corrected chi connectivity index (χ4v) is 0.963. The van der Waals surface area contributed by atoms with Crippen LogP contribution in [0.5, 0.6) is 0 Å². The van der Waals surface area contributed by atoms with Crippen LogP contribution in [0.15, 0.2) is 22.6 Å². The van der Waals surface area contributed by atoms with Crippen LogP contribution in [-0.4, -0.2) is 4.98 Å². The SMILES string of the molecule is N#Cc1nc2c(F)cccc2o1. The third kappa shape index (κ3) is 0.839. The summed E-state index contributed by atoms with van der Waals surface area (Å²) in [4.78, 5) is 3.63. The molecule has 1 aromatic carbocycles. The van der Waals surface area contributed by atoms with Gasteiger partial charge in [0.2, 0.25) is 0 Å². The summed E-state index contributed by atoms with van der Waals surface area (Å²) in [7, 11) is 0. The summed E-state index contributed by atoms with van der Waals surface area (Å²) in [6.07, 6.45) is 0. The number of hydrogen-bond acceptors (Lipinski definition) is 3. The first-order valence-electron chi connectivity index (χ1n) is 3.26. The van der Waals surface area contributed by atoms with Crippen molar-refractivity contribution in [1.29, 1.82) is 5.26 Å². The Bertz CT molecular complexity index is 469.